The Morgan fingerprint density at radius 3 is 2.70 bits per heavy atom. The maximum Gasteiger partial charge on any atom is 0.222 e. The van der Waals surface area contributed by atoms with E-state index in [-0.39, 0.29) is 10.8 Å². The van der Waals surface area contributed by atoms with Gasteiger partial charge in [-0.25, -0.2) is 0 Å². The van der Waals surface area contributed by atoms with E-state index in [1.54, 1.807) is 0 Å². The second-order valence-corrected chi connectivity index (χ2v) is 8.95. The van der Waals surface area contributed by atoms with Crippen LogP contribution in [0.25, 0.3) is 0 Å². The van der Waals surface area contributed by atoms with Crippen molar-refractivity contribution in [2.75, 3.05) is 7.05 Å². The third kappa shape index (κ3) is 1.88. The van der Waals surface area contributed by atoms with E-state index in [4.69, 9.17) is 0 Å². The van der Waals surface area contributed by atoms with Crippen LogP contribution in [0.1, 0.15) is 58.8 Å². The average molecular weight is 315 g/mol. The van der Waals surface area contributed by atoms with Gasteiger partial charge < -0.3 is 4.90 Å². The van der Waals surface area contributed by atoms with Gasteiger partial charge in [-0.15, -0.1) is 0 Å². The van der Waals surface area contributed by atoms with Gasteiger partial charge in [0.05, 0.1) is 0 Å². The summed E-state index contributed by atoms with van der Waals surface area (Å²) in [6.45, 7) is 4.77. The van der Waals surface area contributed by atoms with Crippen molar-refractivity contribution >= 4 is 12.2 Å². The third-order valence-electron chi connectivity index (χ3n) is 8.33. The van der Waals surface area contributed by atoms with Crippen LogP contribution in [0.15, 0.2) is 11.6 Å². The lowest BCUT2D eigenvalue weighted by Crippen LogP contribution is -2.61. The van der Waals surface area contributed by atoms with Gasteiger partial charge in [-0.3, -0.25) is 9.59 Å². The van der Waals surface area contributed by atoms with Gasteiger partial charge in [0.15, 0.2) is 0 Å². The maximum absolute atomic E-state index is 12.1. The maximum atomic E-state index is 12.1. The van der Waals surface area contributed by atoms with Crippen molar-refractivity contribution in [1.29, 1.82) is 0 Å². The molecule has 0 bridgehead atoms. The van der Waals surface area contributed by atoms with Crippen LogP contribution in [0, 0.1) is 28.6 Å². The lowest BCUT2D eigenvalue weighted by Gasteiger charge is -2.61. The number of nitrogens with zero attached hydrogens (tertiary/aromatic N) is 1. The second-order valence-electron chi connectivity index (χ2n) is 8.95. The van der Waals surface area contributed by atoms with E-state index in [2.05, 4.69) is 24.8 Å². The number of allylic oxidation sites excluding steroid dienone is 2. The standard InChI is InChI=1S/C20H29NO2/c1-19-10-8-16-14(15(19)6-4-13(19)12-22)5-7-17-20(16,2)11-9-18(23)21(17)3/h4,12,14-17H,5-11H2,1-3H3/t14-,15-,16-,17?,19+,20+/m0/s1. The van der Waals surface area contributed by atoms with Crippen molar-refractivity contribution in [3.05, 3.63) is 11.6 Å². The molecule has 6 atom stereocenters. The molecule has 126 valence electrons. The summed E-state index contributed by atoms with van der Waals surface area (Å²) >= 11 is 0. The molecule has 1 aliphatic heterocycles. The van der Waals surface area contributed by atoms with Crippen LogP contribution in [-0.4, -0.2) is 30.2 Å². The van der Waals surface area contributed by atoms with Gasteiger partial charge in [0, 0.05) is 19.5 Å². The molecule has 0 radical (unpaired) electrons. The lowest BCUT2D eigenvalue weighted by molar-refractivity contribution is -0.156. The third-order valence-corrected chi connectivity index (χ3v) is 8.33. The summed E-state index contributed by atoms with van der Waals surface area (Å²) < 4.78 is 0. The Kier molecular flexibility index (Phi) is 3.31. The molecule has 3 heteroatoms. The SMILES string of the molecule is CN1C(=O)CC[C@@]2(C)C1CC[C@@H]1[C@@H]2CC[C@]2(C)C(C=O)=CC[C@@H]12. The number of carbonyl (C=O) groups excluding carboxylic acids is 2. The van der Waals surface area contributed by atoms with Gasteiger partial charge in [-0.05, 0) is 72.7 Å². The smallest absolute Gasteiger partial charge is 0.222 e. The lowest BCUT2D eigenvalue weighted by atomic mass is 9.47. The van der Waals surface area contributed by atoms with E-state index in [1.165, 1.54) is 12.8 Å². The van der Waals surface area contributed by atoms with E-state index in [1.807, 2.05) is 7.05 Å². The Morgan fingerprint density at radius 2 is 1.96 bits per heavy atom. The first-order valence-electron chi connectivity index (χ1n) is 9.33. The molecule has 0 aromatic carbocycles. The van der Waals surface area contributed by atoms with Crippen molar-refractivity contribution < 1.29 is 9.59 Å². The molecule has 4 rings (SSSR count). The van der Waals surface area contributed by atoms with E-state index in [0.29, 0.717) is 30.2 Å². The summed E-state index contributed by atoms with van der Waals surface area (Å²) in [5.74, 6) is 2.42. The quantitative estimate of drug-likeness (QED) is 0.694. The minimum absolute atomic E-state index is 0.114. The monoisotopic (exact) mass is 315 g/mol. The normalized spacial score (nSPS) is 49.1. The first-order chi connectivity index (χ1) is 10.9. The Labute approximate surface area is 139 Å². The van der Waals surface area contributed by atoms with E-state index < -0.39 is 0 Å². The zero-order valence-electron chi connectivity index (χ0n) is 14.7. The Bertz CT molecular complexity index is 582. The highest BCUT2D eigenvalue weighted by molar-refractivity contribution is 5.78. The summed E-state index contributed by atoms with van der Waals surface area (Å²) in [7, 11) is 2.01. The molecule has 0 N–H and O–H groups in total. The molecule has 3 fully saturated rings. The molecule has 3 aliphatic carbocycles. The Balaban J connectivity index is 1.65. The number of hydrogen-bond donors (Lipinski definition) is 0. The fourth-order valence-electron chi connectivity index (χ4n) is 6.93. The predicted molar refractivity (Wildman–Crippen MR) is 89.7 cm³/mol. The summed E-state index contributed by atoms with van der Waals surface area (Å²) in [6, 6.07) is 0.425. The van der Waals surface area contributed by atoms with Crippen molar-refractivity contribution in [2.45, 2.75) is 64.8 Å². The van der Waals surface area contributed by atoms with Gasteiger partial charge in [0.1, 0.15) is 6.29 Å². The van der Waals surface area contributed by atoms with Gasteiger partial charge in [-0.2, -0.15) is 0 Å². The van der Waals surface area contributed by atoms with Gasteiger partial charge in [0.25, 0.3) is 0 Å². The van der Waals surface area contributed by atoms with Crippen LogP contribution in [0.3, 0.4) is 0 Å². The molecule has 3 nitrogen and oxygen atoms in total. The molecule has 23 heavy (non-hydrogen) atoms. The fraction of sp³-hybridized carbons (Fsp3) is 0.800. The minimum atomic E-state index is 0.114. The van der Waals surface area contributed by atoms with Crippen LogP contribution >= 0.6 is 0 Å². The van der Waals surface area contributed by atoms with Crippen LogP contribution < -0.4 is 0 Å². The van der Waals surface area contributed by atoms with E-state index >= 15 is 0 Å². The Hall–Kier alpha value is -1.12. The van der Waals surface area contributed by atoms with Crippen molar-refractivity contribution in [3.8, 4) is 0 Å². The molecule has 2 saturated carbocycles. The summed E-state index contributed by atoms with van der Waals surface area (Å²) in [6.07, 6.45) is 10.9. The molecule has 1 saturated heterocycles. The largest absolute Gasteiger partial charge is 0.342 e. The molecule has 0 spiro atoms. The highest BCUT2D eigenvalue weighted by Gasteiger charge is 2.59. The molecule has 1 unspecified atom stereocenters. The second kappa shape index (κ2) is 4.94. The van der Waals surface area contributed by atoms with Crippen molar-refractivity contribution in [2.24, 2.45) is 28.6 Å². The number of amides is 1. The summed E-state index contributed by atoms with van der Waals surface area (Å²) in [4.78, 5) is 25.7. The van der Waals surface area contributed by atoms with E-state index in [9.17, 15) is 9.59 Å². The first-order valence-corrected chi connectivity index (χ1v) is 9.33. The number of piperidine rings is 1. The predicted octanol–water partition coefficient (Wildman–Crippen LogP) is 3.59. The molecular formula is C20H29NO2. The van der Waals surface area contributed by atoms with Crippen LogP contribution in [0.5, 0.6) is 0 Å². The number of likely N-dealkylation sites (tertiary alicyclic amines) is 1. The highest BCUT2D eigenvalue weighted by Crippen LogP contribution is 2.64. The fourth-order valence-corrected chi connectivity index (χ4v) is 6.93. The van der Waals surface area contributed by atoms with Crippen molar-refractivity contribution in [3.63, 3.8) is 0 Å². The summed E-state index contributed by atoms with van der Waals surface area (Å²) in [5, 5.41) is 0. The Morgan fingerprint density at radius 1 is 1.17 bits per heavy atom. The molecule has 4 aliphatic rings. The number of fused-ring (bicyclic) bond motifs is 5. The molecule has 0 aromatic heterocycles. The van der Waals surface area contributed by atoms with Crippen LogP contribution in [0.2, 0.25) is 0 Å². The topological polar surface area (TPSA) is 37.4 Å². The summed E-state index contributed by atoms with van der Waals surface area (Å²) in [5.41, 5.74) is 1.45. The molecule has 1 heterocycles. The number of hydrogen-bond acceptors (Lipinski definition) is 2. The zero-order valence-corrected chi connectivity index (χ0v) is 14.7. The average Bonchev–Trinajstić information content (AvgIpc) is 2.88. The number of carbonyl (C=O) groups is 2. The van der Waals surface area contributed by atoms with E-state index in [0.717, 1.165) is 43.5 Å². The zero-order chi connectivity index (χ0) is 16.4. The molecular weight excluding hydrogens is 286 g/mol. The molecule has 0 aromatic rings. The van der Waals surface area contributed by atoms with Crippen LogP contribution in [-0.2, 0) is 9.59 Å². The van der Waals surface area contributed by atoms with Crippen LogP contribution in [0.4, 0.5) is 0 Å². The van der Waals surface area contributed by atoms with Gasteiger partial charge >= 0.3 is 0 Å². The highest BCUT2D eigenvalue weighted by atomic mass is 16.2. The van der Waals surface area contributed by atoms with Gasteiger partial charge in [-0.1, -0.05) is 19.9 Å². The number of aldehydes is 1. The minimum Gasteiger partial charge on any atom is -0.342 e. The van der Waals surface area contributed by atoms with Crippen molar-refractivity contribution in [1.82, 2.24) is 4.90 Å². The van der Waals surface area contributed by atoms with Gasteiger partial charge in [0.2, 0.25) is 5.91 Å². The number of rotatable bonds is 1. The first kappa shape index (κ1) is 15.4. The molecule has 1 amide bonds.